The number of phenols is 1. The maximum atomic E-state index is 11.8. The zero-order valence-corrected chi connectivity index (χ0v) is 10.2. The van der Waals surface area contributed by atoms with Crippen molar-refractivity contribution in [2.45, 2.75) is 19.4 Å². The molecule has 94 valence electrons. The van der Waals surface area contributed by atoms with Crippen molar-refractivity contribution >= 4 is 5.91 Å². The van der Waals surface area contributed by atoms with Gasteiger partial charge in [-0.1, -0.05) is 12.1 Å². The fourth-order valence-corrected chi connectivity index (χ4v) is 1.79. The number of rotatable bonds is 4. The van der Waals surface area contributed by atoms with Crippen LogP contribution in [0.5, 0.6) is 5.75 Å². The number of hydrogen-bond donors (Lipinski definition) is 3. The Morgan fingerprint density at radius 3 is 2.67 bits per heavy atom. The van der Waals surface area contributed by atoms with Gasteiger partial charge in [-0.3, -0.25) is 4.79 Å². The molecule has 2 rings (SSSR count). The number of phenolic OH excluding ortho intramolecular Hbond substituents is 1. The smallest absolute Gasteiger partial charge is 0.224 e. The number of benzene rings is 1. The molecule has 0 saturated heterocycles. The number of nitrogens with one attached hydrogen (secondary N) is 2. The summed E-state index contributed by atoms with van der Waals surface area (Å²) in [4.78, 5) is 14.7. The SMILES string of the molecule is CC(NC(=O)Cc1cc[nH]c1)c1ccc(O)cc1. The van der Waals surface area contributed by atoms with Crippen molar-refractivity contribution in [3.05, 3.63) is 53.9 Å². The maximum absolute atomic E-state index is 11.8. The number of carbonyl (C=O) groups is 1. The van der Waals surface area contributed by atoms with Gasteiger partial charge in [0.2, 0.25) is 5.91 Å². The third kappa shape index (κ3) is 3.13. The third-order valence-corrected chi connectivity index (χ3v) is 2.80. The second-order valence-corrected chi connectivity index (χ2v) is 4.28. The van der Waals surface area contributed by atoms with E-state index in [4.69, 9.17) is 0 Å². The lowest BCUT2D eigenvalue weighted by atomic mass is 10.1. The average molecular weight is 244 g/mol. The van der Waals surface area contributed by atoms with E-state index in [2.05, 4.69) is 10.3 Å². The lowest BCUT2D eigenvalue weighted by Crippen LogP contribution is -2.27. The molecule has 0 radical (unpaired) electrons. The number of hydrogen-bond acceptors (Lipinski definition) is 2. The highest BCUT2D eigenvalue weighted by Gasteiger charge is 2.10. The number of aromatic amines is 1. The normalized spacial score (nSPS) is 12.1. The van der Waals surface area contributed by atoms with Crippen LogP contribution in [0.25, 0.3) is 0 Å². The van der Waals surface area contributed by atoms with Crippen LogP contribution in [0.15, 0.2) is 42.7 Å². The van der Waals surface area contributed by atoms with Crippen molar-refractivity contribution in [3.8, 4) is 5.75 Å². The molecule has 0 bridgehead atoms. The largest absolute Gasteiger partial charge is 0.508 e. The molecule has 1 amide bonds. The molecule has 1 unspecified atom stereocenters. The van der Waals surface area contributed by atoms with Crippen molar-refractivity contribution in [2.24, 2.45) is 0 Å². The van der Waals surface area contributed by atoms with E-state index in [1.54, 1.807) is 30.5 Å². The minimum absolute atomic E-state index is 0.0184. The Kier molecular flexibility index (Phi) is 3.67. The molecule has 2 aromatic rings. The molecule has 1 heterocycles. The van der Waals surface area contributed by atoms with Crippen LogP contribution < -0.4 is 5.32 Å². The lowest BCUT2D eigenvalue weighted by molar-refractivity contribution is -0.121. The van der Waals surface area contributed by atoms with Gasteiger partial charge < -0.3 is 15.4 Å². The fourth-order valence-electron chi connectivity index (χ4n) is 1.79. The van der Waals surface area contributed by atoms with E-state index < -0.39 is 0 Å². The summed E-state index contributed by atoms with van der Waals surface area (Å²) in [6, 6.07) is 8.64. The van der Waals surface area contributed by atoms with Gasteiger partial charge in [0.15, 0.2) is 0 Å². The van der Waals surface area contributed by atoms with E-state index in [0.29, 0.717) is 6.42 Å². The average Bonchev–Trinajstić information content (AvgIpc) is 2.82. The van der Waals surface area contributed by atoms with Gasteiger partial charge in [0.25, 0.3) is 0 Å². The summed E-state index contributed by atoms with van der Waals surface area (Å²) in [6.07, 6.45) is 3.97. The van der Waals surface area contributed by atoms with Crippen LogP contribution in [-0.2, 0) is 11.2 Å². The molecular formula is C14H16N2O2. The Balaban J connectivity index is 1.92. The number of amides is 1. The van der Waals surface area contributed by atoms with Crippen LogP contribution in [0.4, 0.5) is 0 Å². The minimum Gasteiger partial charge on any atom is -0.508 e. The van der Waals surface area contributed by atoms with Gasteiger partial charge in [-0.15, -0.1) is 0 Å². The first kappa shape index (κ1) is 12.2. The molecule has 0 aliphatic carbocycles. The zero-order chi connectivity index (χ0) is 13.0. The highest BCUT2D eigenvalue weighted by atomic mass is 16.3. The molecule has 0 fully saturated rings. The van der Waals surface area contributed by atoms with Crippen LogP contribution in [0.3, 0.4) is 0 Å². The van der Waals surface area contributed by atoms with Gasteiger partial charge in [-0.2, -0.15) is 0 Å². The molecule has 18 heavy (non-hydrogen) atoms. The van der Waals surface area contributed by atoms with Gasteiger partial charge in [0.05, 0.1) is 12.5 Å². The van der Waals surface area contributed by atoms with Gasteiger partial charge in [0, 0.05) is 12.4 Å². The Labute approximate surface area is 106 Å². The van der Waals surface area contributed by atoms with Gasteiger partial charge in [-0.05, 0) is 36.2 Å². The highest BCUT2D eigenvalue weighted by Crippen LogP contribution is 2.16. The van der Waals surface area contributed by atoms with Crippen LogP contribution in [0.2, 0.25) is 0 Å². The van der Waals surface area contributed by atoms with Crippen LogP contribution >= 0.6 is 0 Å². The molecule has 0 aliphatic heterocycles. The van der Waals surface area contributed by atoms with Crippen molar-refractivity contribution in [1.82, 2.24) is 10.3 Å². The molecule has 4 heteroatoms. The molecular weight excluding hydrogens is 228 g/mol. The molecule has 4 nitrogen and oxygen atoms in total. The molecule has 3 N–H and O–H groups in total. The van der Waals surface area contributed by atoms with E-state index in [1.807, 2.05) is 19.2 Å². The standard InChI is InChI=1S/C14H16N2O2/c1-10(12-2-4-13(17)5-3-12)16-14(18)8-11-6-7-15-9-11/h2-7,9-10,15,17H,8H2,1H3,(H,16,18). The predicted molar refractivity (Wildman–Crippen MR) is 69.2 cm³/mol. The van der Waals surface area contributed by atoms with E-state index in [1.165, 1.54) is 0 Å². The summed E-state index contributed by atoms with van der Waals surface area (Å²) in [5, 5.41) is 12.1. The second-order valence-electron chi connectivity index (χ2n) is 4.28. The summed E-state index contributed by atoms with van der Waals surface area (Å²) < 4.78 is 0. The first-order valence-corrected chi connectivity index (χ1v) is 5.85. The Hall–Kier alpha value is -2.23. The topological polar surface area (TPSA) is 65.1 Å². The van der Waals surface area contributed by atoms with Crippen LogP contribution in [0.1, 0.15) is 24.1 Å². The molecule has 1 atom stereocenters. The number of aromatic nitrogens is 1. The van der Waals surface area contributed by atoms with E-state index in [0.717, 1.165) is 11.1 Å². The lowest BCUT2D eigenvalue weighted by Gasteiger charge is -2.14. The van der Waals surface area contributed by atoms with E-state index in [-0.39, 0.29) is 17.7 Å². The van der Waals surface area contributed by atoms with E-state index in [9.17, 15) is 9.90 Å². The first-order valence-electron chi connectivity index (χ1n) is 5.85. The maximum Gasteiger partial charge on any atom is 0.224 e. The van der Waals surface area contributed by atoms with Gasteiger partial charge in [-0.25, -0.2) is 0 Å². The summed E-state index contributed by atoms with van der Waals surface area (Å²) in [6.45, 7) is 1.92. The second kappa shape index (κ2) is 5.40. The number of carbonyl (C=O) groups excluding carboxylic acids is 1. The fraction of sp³-hybridized carbons (Fsp3) is 0.214. The summed E-state index contributed by atoms with van der Waals surface area (Å²) in [7, 11) is 0. The first-order chi connectivity index (χ1) is 8.65. The quantitative estimate of drug-likeness (QED) is 0.771. The molecule has 1 aromatic heterocycles. The monoisotopic (exact) mass is 244 g/mol. The van der Waals surface area contributed by atoms with Crippen LogP contribution in [-0.4, -0.2) is 16.0 Å². The van der Waals surface area contributed by atoms with Crippen molar-refractivity contribution in [3.63, 3.8) is 0 Å². The number of aromatic hydroxyl groups is 1. The molecule has 0 aliphatic rings. The minimum atomic E-state index is -0.0722. The van der Waals surface area contributed by atoms with Gasteiger partial charge in [0.1, 0.15) is 5.75 Å². The van der Waals surface area contributed by atoms with Crippen molar-refractivity contribution in [1.29, 1.82) is 0 Å². The van der Waals surface area contributed by atoms with E-state index >= 15 is 0 Å². The van der Waals surface area contributed by atoms with Crippen molar-refractivity contribution in [2.75, 3.05) is 0 Å². The summed E-state index contributed by atoms with van der Waals surface area (Å²) in [5.74, 6) is 0.208. The summed E-state index contributed by atoms with van der Waals surface area (Å²) in [5.41, 5.74) is 1.93. The molecule has 1 aromatic carbocycles. The van der Waals surface area contributed by atoms with Gasteiger partial charge >= 0.3 is 0 Å². The third-order valence-electron chi connectivity index (χ3n) is 2.80. The molecule has 0 spiro atoms. The Bertz CT molecular complexity index is 503. The van der Waals surface area contributed by atoms with Crippen molar-refractivity contribution < 1.29 is 9.90 Å². The summed E-state index contributed by atoms with van der Waals surface area (Å²) >= 11 is 0. The Morgan fingerprint density at radius 1 is 1.33 bits per heavy atom. The molecule has 0 saturated carbocycles. The predicted octanol–water partition coefficient (Wildman–Crippen LogP) is 2.14. The van der Waals surface area contributed by atoms with Crippen LogP contribution in [0, 0.1) is 0 Å². The highest BCUT2D eigenvalue weighted by molar-refractivity contribution is 5.78. The Morgan fingerprint density at radius 2 is 2.06 bits per heavy atom. The zero-order valence-electron chi connectivity index (χ0n) is 10.2. The number of H-pyrrole nitrogens is 1.